The Morgan fingerprint density at radius 3 is 2.38 bits per heavy atom. The van der Waals surface area contributed by atoms with Crippen LogP contribution in [-0.4, -0.2) is 11.8 Å². The van der Waals surface area contributed by atoms with Gasteiger partial charge >= 0.3 is 0 Å². The van der Waals surface area contributed by atoms with Gasteiger partial charge in [-0.1, -0.05) is 0 Å². The molecule has 0 aliphatic carbocycles. The van der Waals surface area contributed by atoms with Gasteiger partial charge in [0.2, 0.25) is 0 Å². The molecule has 1 N–H and O–H groups in total. The van der Waals surface area contributed by atoms with Crippen LogP contribution in [-0.2, 0) is 9.59 Å². The fourth-order valence-electron chi connectivity index (χ4n) is 1.40. The minimum absolute atomic E-state index is 0.0844. The largest absolute Gasteiger partial charge is 0.289 e. The van der Waals surface area contributed by atoms with Gasteiger partial charge in [-0.15, -0.1) is 0 Å². The summed E-state index contributed by atoms with van der Waals surface area (Å²) < 4.78 is 26.4. The summed E-state index contributed by atoms with van der Waals surface area (Å²) in [5, 5.41) is 1.98. The maximum atomic E-state index is 13.5. The zero-order valence-electron chi connectivity index (χ0n) is 7.68. The van der Waals surface area contributed by atoms with Crippen LogP contribution in [0.5, 0.6) is 0 Å². The number of benzene rings is 1. The lowest BCUT2D eigenvalue weighted by molar-refractivity contribution is -0.123. The van der Waals surface area contributed by atoms with Crippen molar-refractivity contribution in [3.05, 3.63) is 39.9 Å². The third kappa shape index (κ3) is 1.76. The number of imide groups is 1. The van der Waals surface area contributed by atoms with Gasteiger partial charge in [0.25, 0.3) is 11.8 Å². The normalized spacial score (nSPS) is 15.1. The average molecular weight is 288 g/mol. The van der Waals surface area contributed by atoms with Crippen LogP contribution in [0.2, 0.25) is 0 Å². The fraction of sp³-hybridized carbons (Fsp3) is 0. The number of carbonyl (C=O) groups excluding carboxylic acids is 2. The standard InChI is InChI=1S/C10H4BrF2NO2/c11-6-1-4(12)2-7(13)9(6)5-3-8(15)14-10(5)16/h1-3H,(H,14,15,16). The van der Waals surface area contributed by atoms with Crippen molar-refractivity contribution in [3.63, 3.8) is 0 Å². The number of amides is 2. The third-order valence-electron chi connectivity index (χ3n) is 2.03. The minimum atomic E-state index is -0.900. The lowest BCUT2D eigenvalue weighted by atomic mass is 10.1. The van der Waals surface area contributed by atoms with Crippen LogP contribution in [0.4, 0.5) is 8.78 Å². The molecule has 1 aliphatic heterocycles. The minimum Gasteiger partial charge on any atom is -0.289 e. The number of carbonyl (C=O) groups is 2. The Bertz CT molecular complexity index is 517. The van der Waals surface area contributed by atoms with Gasteiger partial charge in [-0.2, -0.15) is 0 Å². The molecule has 0 atom stereocenters. The Balaban J connectivity index is 2.61. The van der Waals surface area contributed by atoms with Gasteiger partial charge in [0.15, 0.2) is 0 Å². The summed E-state index contributed by atoms with van der Waals surface area (Å²) in [6, 6.07) is 1.67. The van der Waals surface area contributed by atoms with E-state index in [0.717, 1.165) is 12.1 Å². The maximum absolute atomic E-state index is 13.5. The van der Waals surface area contributed by atoms with Gasteiger partial charge in [0.1, 0.15) is 11.6 Å². The zero-order valence-corrected chi connectivity index (χ0v) is 9.27. The van der Waals surface area contributed by atoms with Gasteiger partial charge in [-0.25, -0.2) is 8.78 Å². The summed E-state index contributed by atoms with van der Waals surface area (Å²) in [6.07, 6.45) is 0.976. The van der Waals surface area contributed by atoms with E-state index in [2.05, 4.69) is 15.9 Å². The number of hydrogen-bond donors (Lipinski definition) is 1. The Kier molecular flexibility index (Phi) is 2.59. The van der Waals surface area contributed by atoms with Gasteiger partial charge in [-0.3, -0.25) is 14.9 Å². The van der Waals surface area contributed by atoms with Gasteiger partial charge in [0.05, 0.1) is 5.57 Å². The lowest BCUT2D eigenvalue weighted by Gasteiger charge is -2.05. The van der Waals surface area contributed by atoms with Crippen molar-refractivity contribution in [1.82, 2.24) is 5.32 Å². The van der Waals surface area contributed by atoms with Crippen LogP contribution >= 0.6 is 15.9 Å². The molecule has 0 saturated carbocycles. The molecule has 2 rings (SSSR count). The lowest BCUT2D eigenvalue weighted by Crippen LogP contribution is -2.22. The molecule has 1 aromatic carbocycles. The molecular weight excluding hydrogens is 284 g/mol. The Morgan fingerprint density at radius 2 is 1.88 bits per heavy atom. The van der Waals surface area contributed by atoms with Gasteiger partial charge in [0, 0.05) is 22.2 Å². The highest BCUT2D eigenvalue weighted by molar-refractivity contribution is 9.10. The van der Waals surface area contributed by atoms with Crippen molar-refractivity contribution in [2.75, 3.05) is 0 Å². The van der Waals surface area contributed by atoms with Crippen LogP contribution < -0.4 is 5.32 Å². The van der Waals surface area contributed by atoms with Crippen molar-refractivity contribution in [2.24, 2.45) is 0 Å². The summed E-state index contributed by atoms with van der Waals surface area (Å²) in [5.74, 6) is -2.98. The second-order valence-electron chi connectivity index (χ2n) is 3.12. The number of hydrogen-bond acceptors (Lipinski definition) is 2. The van der Waals surface area contributed by atoms with E-state index in [1.165, 1.54) is 0 Å². The predicted molar refractivity (Wildman–Crippen MR) is 55.2 cm³/mol. The highest BCUT2D eigenvalue weighted by atomic mass is 79.9. The first-order valence-corrected chi connectivity index (χ1v) is 5.00. The molecule has 0 aromatic heterocycles. The van der Waals surface area contributed by atoms with Crippen molar-refractivity contribution in [2.45, 2.75) is 0 Å². The van der Waals surface area contributed by atoms with Crippen LogP contribution in [0.3, 0.4) is 0 Å². The Hall–Kier alpha value is -1.56. The van der Waals surface area contributed by atoms with Crippen molar-refractivity contribution < 1.29 is 18.4 Å². The average Bonchev–Trinajstić information content (AvgIpc) is 2.43. The van der Waals surface area contributed by atoms with Crippen molar-refractivity contribution in [3.8, 4) is 0 Å². The SMILES string of the molecule is O=C1C=C(c2c(F)cc(F)cc2Br)C(=O)N1. The van der Waals surface area contributed by atoms with E-state index in [1.807, 2.05) is 5.32 Å². The molecule has 3 nitrogen and oxygen atoms in total. The van der Waals surface area contributed by atoms with Crippen LogP contribution in [0.15, 0.2) is 22.7 Å². The molecule has 1 heterocycles. The van der Waals surface area contributed by atoms with Crippen LogP contribution in [0.1, 0.15) is 5.56 Å². The molecule has 0 bridgehead atoms. The first-order chi connectivity index (χ1) is 7.49. The Morgan fingerprint density at radius 1 is 1.19 bits per heavy atom. The fourth-order valence-corrected chi connectivity index (χ4v) is 2.02. The Labute approximate surface area is 97.3 Å². The summed E-state index contributed by atoms with van der Waals surface area (Å²) in [4.78, 5) is 22.2. The van der Waals surface area contributed by atoms with E-state index >= 15 is 0 Å². The second kappa shape index (κ2) is 3.79. The summed E-state index contributed by atoms with van der Waals surface area (Å²) in [5.41, 5.74) is -0.237. The van der Waals surface area contributed by atoms with E-state index in [9.17, 15) is 18.4 Å². The van der Waals surface area contributed by atoms with Crippen LogP contribution in [0.25, 0.3) is 5.57 Å². The van der Waals surface area contributed by atoms with E-state index in [4.69, 9.17) is 0 Å². The topological polar surface area (TPSA) is 46.2 Å². The van der Waals surface area contributed by atoms with Crippen molar-refractivity contribution >= 4 is 33.3 Å². The third-order valence-corrected chi connectivity index (χ3v) is 2.66. The molecule has 0 spiro atoms. The predicted octanol–water partition coefficient (Wildman–Crippen LogP) is 1.77. The number of halogens is 3. The van der Waals surface area contributed by atoms with Crippen LogP contribution in [0, 0.1) is 11.6 Å². The van der Waals surface area contributed by atoms with E-state index in [1.54, 1.807) is 0 Å². The monoisotopic (exact) mass is 287 g/mol. The molecule has 1 aromatic rings. The van der Waals surface area contributed by atoms with E-state index in [0.29, 0.717) is 6.07 Å². The van der Waals surface area contributed by atoms with Gasteiger partial charge in [-0.05, 0) is 22.0 Å². The van der Waals surface area contributed by atoms with Gasteiger partial charge < -0.3 is 0 Å². The number of rotatable bonds is 1. The van der Waals surface area contributed by atoms with E-state index in [-0.39, 0.29) is 15.6 Å². The van der Waals surface area contributed by atoms with Crippen molar-refractivity contribution in [1.29, 1.82) is 0 Å². The highest BCUT2D eigenvalue weighted by Gasteiger charge is 2.26. The van der Waals surface area contributed by atoms with E-state index < -0.39 is 23.4 Å². The molecular formula is C10H4BrF2NO2. The molecule has 1 aliphatic rings. The molecule has 0 unspecified atom stereocenters. The zero-order chi connectivity index (χ0) is 11.9. The molecule has 2 amide bonds. The molecule has 6 heteroatoms. The molecule has 0 radical (unpaired) electrons. The molecule has 82 valence electrons. The first kappa shape index (κ1) is 10.9. The maximum Gasteiger partial charge on any atom is 0.259 e. The smallest absolute Gasteiger partial charge is 0.259 e. The second-order valence-corrected chi connectivity index (χ2v) is 3.98. The first-order valence-electron chi connectivity index (χ1n) is 4.21. The molecule has 0 saturated heterocycles. The molecule has 0 fully saturated rings. The summed E-state index contributed by atoms with van der Waals surface area (Å²) in [7, 11) is 0. The quantitative estimate of drug-likeness (QED) is 0.800. The highest BCUT2D eigenvalue weighted by Crippen LogP contribution is 2.29. The molecule has 16 heavy (non-hydrogen) atoms. The number of nitrogens with one attached hydrogen (secondary N) is 1. The summed E-state index contributed by atoms with van der Waals surface area (Å²) in [6.45, 7) is 0. The summed E-state index contributed by atoms with van der Waals surface area (Å²) >= 11 is 2.94.